The molecule has 0 amide bonds. The Hall–Kier alpha value is -5.60. The van der Waals surface area contributed by atoms with E-state index in [1.54, 1.807) is 6.08 Å². The molecule has 222 valence electrons. The molecule has 1 aliphatic rings. The van der Waals surface area contributed by atoms with Gasteiger partial charge in [-0.25, -0.2) is 0 Å². The first-order chi connectivity index (χ1) is 22.4. The third kappa shape index (κ3) is 4.41. The molecule has 1 aromatic heterocycles. The van der Waals surface area contributed by atoms with Gasteiger partial charge in [-0.2, -0.15) is 0 Å². The summed E-state index contributed by atoms with van der Waals surface area (Å²) < 4.78 is 6.81. The summed E-state index contributed by atoms with van der Waals surface area (Å²) in [6.45, 7) is 10.6. The molecule has 0 bridgehead atoms. The SMILES string of the molecule is C=C/C=C\C=C(/C)N(c1ccc(-c2ccc3ccccc3c2)cc1)c1cccc2c1oc1cc3c(cc12)-c1ccccc1C3(C)C. The van der Waals surface area contributed by atoms with E-state index in [4.69, 9.17) is 4.42 Å². The Kier molecular flexibility index (Phi) is 6.54. The van der Waals surface area contributed by atoms with E-state index < -0.39 is 0 Å². The number of rotatable bonds is 6. The molecule has 0 atom stereocenters. The minimum Gasteiger partial charge on any atom is -0.454 e. The Morgan fingerprint density at radius 3 is 2.26 bits per heavy atom. The van der Waals surface area contributed by atoms with Crippen LogP contribution in [-0.2, 0) is 5.41 Å². The molecule has 0 saturated heterocycles. The van der Waals surface area contributed by atoms with E-state index >= 15 is 0 Å². The lowest BCUT2D eigenvalue weighted by Gasteiger charge is -2.26. The van der Waals surface area contributed by atoms with Gasteiger partial charge < -0.3 is 9.32 Å². The van der Waals surface area contributed by atoms with Crippen molar-refractivity contribution in [2.24, 2.45) is 0 Å². The fraction of sp³-hybridized carbons (Fsp3) is 0.0909. The van der Waals surface area contributed by atoms with Crippen LogP contribution in [-0.4, -0.2) is 0 Å². The normalized spacial score (nSPS) is 13.8. The van der Waals surface area contributed by atoms with Crippen molar-refractivity contribution >= 4 is 44.1 Å². The van der Waals surface area contributed by atoms with Gasteiger partial charge in [0.15, 0.2) is 5.58 Å². The molecule has 0 fully saturated rings. The van der Waals surface area contributed by atoms with Crippen molar-refractivity contribution in [3.05, 3.63) is 169 Å². The highest BCUT2D eigenvalue weighted by molar-refractivity contribution is 6.11. The van der Waals surface area contributed by atoms with Crippen molar-refractivity contribution < 1.29 is 4.42 Å². The first-order valence-electron chi connectivity index (χ1n) is 15.9. The van der Waals surface area contributed by atoms with Gasteiger partial charge in [0, 0.05) is 27.6 Å². The Morgan fingerprint density at radius 2 is 1.43 bits per heavy atom. The molecule has 2 nitrogen and oxygen atoms in total. The molecular formula is C44H35NO. The van der Waals surface area contributed by atoms with E-state index in [0.717, 1.165) is 39.0 Å². The molecule has 1 heterocycles. The fourth-order valence-corrected chi connectivity index (χ4v) is 7.21. The van der Waals surface area contributed by atoms with Gasteiger partial charge >= 0.3 is 0 Å². The molecular weight excluding hydrogens is 558 g/mol. The van der Waals surface area contributed by atoms with E-state index in [9.17, 15) is 0 Å². The monoisotopic (exact) mass is 593 g/mol. The number of anilines is 2. The second-order valence-electron chi connectivity index (χ2n) is 12.7. The maximum atomic E-state index is 6.81. The number of allylic oxidation sites excluding steroid dienone is 5. The summed E-state index contributed by atoms with van der Waals surface area (Å²) in [5.41, 5.74) is 12.5. The van der Waals surface area contributed by atoms with Crippen LogP contribution in [0, 0.1) is 0 Å². The lowest BCUT2D eigenvalue weighted by molar-refractivity contribution is 0.647. The van der Waals surface area contributed by atoms with Gasteiger partial charge in [0.1, 0.15) is 5.58 Å². The van der Waals surface area contributed by atoms with E-state index in [1.807, 2.05) is 12.2 Å². The topological polar surface area (TPSA) is 16.4 Å². The average Bonchev–Trinajstić information content (AvgIpc) is 3.56. The van der Waals surface area contributed by atoms with Crippen molar-refractivity contribution in [1.82, 2.24) is 0 Å². The van der Waals surface area contributed by atoms with Crippen LogP contribution in [0.4, 0.5) is 11.4 Å². The molecule has 0 aliphatic heterocycles. The lowest BCUT2D eigenvalue weighted by atomic mass is 9.82. The molecule has 8 rings (SSSR count). The molecule has 2 heteroatoms. The van der Waals surface area contributed by atoms with Crippen LogP contribution in [0.1, 0.15) is 31.9 Å². The standard InChI is InChI=1S/C44H35NO/c1-5-6-7-13-29(2)45(34-24-22-31(23-25-34)33-21-20-30-14-8-9-15-32(30)26-33)41-19-12-17-36-38-27-37-35-16-10-11-18-39(35)44(3,4)40(37)28-42(38)46-43(36)41/h5-28H,1H2,2-4H3/b7-6-,29-13+. The van der Waals surface area contributed by atoms with Crippen LogP contribution in [0.15, 0.2) is 162 Å². The molecule has 0 spiro atoms. The van der Waals surface area contributed by atoms with Gasteiger partial charge in [-0.3, -0.25) is 0 Å². The van der Waals surface area contributed by atoms with Gasteiger partial charge in [0.25, 0.3) is 0 Å². The van der Waals surface area contributed by atoms with Gasteiger partial charge in [0.2, 0.25) is 0 Å². The number of hydrogen-bond acceptors (Lipinski definition) is 2. The van der Waals surface area contributed by atoms with Crippen LogP contribution in [0.5, 0.6) is 0 Å². The highest BCUT2D eigenvalue weighted by Gasteiger charge is 2.36. The molecule has 0 unspecified atom stereocenters. The van der Waals surface area contributed by atoms with E-state index in [-0.39, 0.29) is 5.41 Å². The Labute approximate surface area is 270 Å². The first kappa shape index (κ1) is 27.9. The second-order valence-corrected chi connectivity index (χ2v) is 12.7. The fourth-order valence-electron chi connectivity index (χ4n) is 7.21. The largest absolute Gasteiger partial charge is 0.454 e. The number of fused-ring (bicyclic) bond motifs is 7. The summed E-state index contributed by atoms with van der Waals surface area (Å²) in [6.07, 6.45) is 7.90. The van der Waals surface area contributed by atoms with Gasteiger partial charge in [-0.15, -0.1) is 0 Å². The predicted molar refractivity (Wildman–Crippen MR) is 196 cm³/mol. The molecule has 0 N–H and O–H groups in total. The molecule has 46 heavy (non-hydrogen) atoms. The first-order valence-corrected chi connectivity index (χ1v) is 15.9. The van der Waals surface area contributed by atoms with Crippen LogP contribution in [0.3, 0.4) is 0 Å². The average molecular weight is 594 g/mol. The summed E-state index contributed by atoms with van der Waals surface area (Å²) in [4.78, 5) is 2.29. The second kappa shape index (κ2) is 10.8. The molecule has 0 saturated carbocycles. The van der Waals surface area contributed by atoms with Crippen LogP contribution >= 0.6 is 0 Å². The number of nitrogens with zero attached hydrogens (tertiary/aromatic N) is 1. The number of benzene rings is 6. The Balaban J connectivity index is 1.27. The third-order valence-electron chi connectivity index (χ3n) is 9.57. The smallest absolute Gasteiger partial charge is 0.159 e. The van der Waals surface area contributed by atoms with Crippen LogP contribution in [0.2, 0.25) is 0 Å². The molecule has 0 radical (unpaired) electrons. The van der Waals surface area contributed by atoms with Crippen molar-refractivity contribution in [2.75, 3.05) is 4.90 Å². The van der Waals surface area contributed by atoms with Crippen molar-refractivity contribution in [1.29, 1.82) is 0 Å². The number of hydrogen-bond donors (Lipinski definition) is 0. The maximum absolute atomic E-state index is 6.81. The molecule has 7 aromatic rings. The quantitative estimate of drug-likeness (QED) is 0.178. The minimum absolute atomic E-state index is 0.0858. The third-order valence-corrected chi connectivity index (χ3v) is 9.57. The van der Waals surface area contributed by atoms with Crippen molar-refractivity contribution in [3.63, 3.8) is 0 Å². The lowest BCUT2D eigenvalue weighted by Crippen LogP contribution is -2.14. The zero-order valence-corrected chi connectivity index (χ0v) is 26.4. The summed E-state index contributed by atoms with van der Waals surface area (Å²) in [5.74, 6) is 0. The predicted octanol–water partition coefficient (Wildman–Crippen LogP) is 12.5. The maximum Gasteiger partial charge on any atom is 0.159 e. The number of para-hydroxylation sites is 1. The number of furan rings is 1. The summed E-state index contributed by atoms with van der Waals surface area (Å²) >= 11 is 0. The van der Waals surface area contributed by atoms with Crippen LogP contribution in [0.25, 0.3) is 55.0 Å². The van der Waals surface area contributed by atoms with E-state index in [2.05, 4.69) is 160 Å². The Morgan fingerprint density at radius 1 is 0.674 bits per heavy atom. The molecule has 1 aliphatic carbocycles. The minimum atomic E-state index is -0.0858. The zero-order valence-electron chi connectivity index (χ0n) is 26.4. The summed E-state index contributed by atoms with van der Waals surface area (Å²) in [7, 11) is 0. The van der Waals surface area contributed by atoms with Crippen molar-refractivity contribution in [2.45, 2.75) is 26.2 Å². The zero-order chi connectivity index (χ0) is 31.4. The summed E-state index contributed by atoms with van der Waals surface area (Å²) in [6, 6.07) is 43.9. The van der Waals surface area contributed by atoms with E-state index in [0.29, 0.717) is 0 Å². The highest BCUT2D eigenvalue weighted by Crippen LogP contribution is 2.51. The van der Waals surface area contributed by atoms with Crippen LogP contribution < -0.4 is 4.90 Å². The van der Waals surface area contributed by atoms with E-state index in [1.165, 1.54) is 44.2 Å². The Bertz CT molecular complexity index is 2360. The van der Waals surface area contributed by atoms with Gasteiger partial charge in [-0.05, 0) is 93.6 Å². The molecule has 6 aromatic carbocycles. The summed E-state index contributed by atoms with van der Waals surface area (Å²) in [5, 5.41) is 4.75. The van der Waals surface area contributed by atoms with Gasteiger partial charge in [-0.1, -0.05) is 124 Å². The van der Waals surface area contributed by atoms with Crippen molar-refractivity contribution in [3.8, 4) is 22.3 Å². The highest BCUT2D eigenvalue weighted by atomic mass is 16.3. The van der Waals surface area contributed by atoms with Gasteiger partial charge in [0.05, 0.1) is 5.69 Å².